The van der Waals surface area contributed by atoms with Gasteiger partial charge >= 0.3 is 0 Å². The van der Waals surface area contributed by atoms with Crippen LogP contribution < -0.4 is 10.6 Å². The molecule has 4 heterocycles. The van der Waals surface area contributed by atoms with Crippen molar-refractivity contribution in [3.8, 4) is 0 Å². The number of piperidine rings is 1. The SMILES string of the molecule is O=C1CCC(N2C(=O)c3cccc(NCc4ccc(CN5CC(N6CCCC6)C5)cc4)c3C2=O)C(=O)N1. The van der Waals surface area contributed by atoms with E-state index < -0.39 is 23.8 Å². The summed E-state index contributed by atoms with van der Waals surface area (Å²) in [5, 5.41) is 5.53. The highest BCUT2D eigenvalue weighted by molar-refractivity contribution is 6.25. The molecule has 3 saturated heterocycles. The van der Waals surface area contributed by atoms with Gasteiger partial charge in [0.1, 0.15) is 6.04 Å². The molecular weight excluding hydrogens is 470 g/mol. The molecule has 0 bridgehead atoms. The first-order valence-electron chi connectivity index (χ1n) is 13.1. The lowest BCUT2D eigenvalue weighted by Crippen LogP contribution is -2.58. The van der Waals surface area contributed by atoms with Crippen LogP contribution in [0.3, 0.4) is 0 Å². The van der Waals surface area contributed by atoms with E-state index in [1.165, 1.54) is 31.5 Å². The minimum Gasteiger partial charge on any atom is -0.380 e. The maximum absolute atomic E-state index is 13.2. The average Bonchev–Trinajstić information content (AvgIpc) is 3.48. The molecule has 0 aliphatic carbocycles. The number of hydrogen-bond acceptors (Lipinski definition) is 7. The lowest BCUT2D eigenvalue weighted by Gasteiger charge is -2.44. The molecule has 192 valence electrons. The minimum absolute atomic E-state index is 0.0989. The Hall–Kier alpha value is -3.56. The highest BCUT2D eigenvalue weighted by atomic mass is 16.2. The Morgan fingerprint density at radius 2 is 1.62 bits per heavy atom. The van der Waals surface area contributed by atoms with Crippen molar-refractivity contribution < 1.29 is 19.2 Å². The molecule has 0 saturated carbocycles. The average molecular weight is 502 g/mol. The third-order valence-corrected chi connectivity index (χ3v) is 7.98. The molecule has 0 spiro atoms. The summed E-state index contributed by atoms with van der Waals surface area (Å²) in [6.07, 6.45) is 2.91. The number of hydrogen-bond donors (Lipinski definition) is 2. The Labute approximate surface area is 215 Å². The number of benzene rings is 2. The molecular formula is C28H31N5O4. The number of amides is 4. The Bertz CT molecular complexity index is 1250. The molecule has 4 amide bonds. The van der Waals surface area contributed by atoms with Gasteiger partial charge in [0.15, 0.2) is 0 Å². The summed E-state index contributed by atoms with van der Waals surface area (Å²) in [5.74, 6) is -2.00. The van der Waals surface area contributed by atoms with E-state index in [9.17, 15) is 19.2 Å². The highest BCUT2D eigenvalue weighted by Gasteiger charge is 2.45. The molecule has 1 atom stereocenters. The van der Waals surface area contributed by atoms with Gasteiger partial charge in [0.25, 0.3) is 11.8 Å². The Balaban J connectivity index is 1.07. The summed E-state index contributed by atoms with van der Waals surface area (Å²) >= 11 is 0. The summed E-state index contributed by atoms with van der Waals surface area (Å²) in [7, 11) is 0. The standard InChI is InChI=1S/C28H31N5O4/c34-24-11-10-23(26(35)30-24)33-27(36)21-4-3-5-22(25(21)28(33)37)29-14-18-6-8-19(9-7-18)15-31-16-20(17-31)32-12-1-2-13-32/h3-9,20,23,29H,1-2,10-17H2,(H,30,34,35). The lowest BCUT2D eigenvalue weighted by atomic mass is 10.0. The molecule has 9 heteroatoms. The fourth-order valence-corrected chi connectivity index (χ4v) is 5.89. The van der Waals surface area contributed by atoms with Crippen molar-refractivity contribution in [3.05, 3.63) is 64.7 Å². The molecule has 0 aromatic heterocycles. The molecule has 6 rings (SSSR count). The van der Waals surface area contributed by atoms with Gasteiger partial charge in [-0.3, -0.25) is 39.2 Å². The van der Waals surface area contributed by atoms with Crippen LogP contribution in [0.25, 0.3) is 0 Å². The second-order valence-corrected chi connectivity index (χ2v) is 10.4. The Morgan fingerprint density at radius 1 is 0.892 bits per heavy atom. The van der Waals surface area contributed by atoms with Crippen molar-refractivity contribution in [3.63, 3.8) is 0 Å². The monoisotopic (exact) mass is 501 g/mol. The van der Waals surface area contributed by atoms with Crippen molar-refractivity contribution in [1.29, 1.82) is 0 Å². The van der Waals surface area contributed by atoms with Crippen LogP contribution in [0, 0.1) is 0 Å². The van der Waals surface area contributed by atoms with Gasteiger partial charge in [-0.2, -0.15) is 0 Å². The van der Waals surface area contributed by atoms with E-state index in [4.69, 9.17) is 0 Å². The molecule has 37 heavy (non-hydrogen) atoms. The van der Waals surface area contributed by atoms with Gasteiger partial charge in [0.2, 0.25) is 11.8 Å². The van der Waals surface area contributed by atoms with Crippen LogP contribution in [0.15, 0.2) is 42.5 Å². The fourth-order valence-electron chi connectivity index (χ4n) is 5.89. The summed E-state index contributed by atoms with van der Waals surface area (Å²) < 4.78 is 0. The lowest BCUT2D eigenvalue weighted by molar-refractivity contribution is -0.136. The quantitative estimate of drug-likeness (QED) is 0.560. The topological polar surface area (TPSA) is 102 Å². The first-order valence-corrected chi connectivity index (χ1v) is 13.1. The minimum atomic E-state index is -0.970. The Kier molecular flexibility index (Phi) is 6.26. The number of imide groups is 2. The van der Waals surface area contributed by atoms with E-state index in [-0.39, 0.29) is 29.9 Å². The van der Waals surface area contributed by atoms with Gasteiger partial charge in [-0.05, 0) is 55.6 Å². The van der Waals surface area contributed by atoms with E-state index in [0.29, 0.717) is 12.2 Å². The van der Waals surface area contributed by atoms with E-state index in [0.717, 1.165) is 36.1 Å². The van der Waals surface area contributed by atoms with Gasteiger partial charge in [-0.25, -0.2) is 0 Å². The summed E-state index contributed by atoms with van der Waals surface area (Å²) in [6.45, 7) is 6.24. The summed E-state index contributed by atoms with van der Waals surface area (Å²) in [5.41, 5.74) is 3.46. The van der Waals surface area contributed by atoms with Crippen molar-refractivity contribution in [2.45, 2.75) is 50.9 Å². The van der Waals surface area contributed by atoms with Crippen LogP contribution >= 0.6 is 0 Å². The molecule has 0 radical (unpaired) electrons. The predicted molar refractivity (Wildman–Crippen MR) is 137 cm³/mol. The highest BCUT2D eigenvalue weighted by Crippen LogP contribution is 2.32. The summed E-state index contributed by atoms with van der Waals surface area (Å²) in [4.78, 5) is 56.2. The zero-order valence-electron chi connectivity index (χ0n) is 20.7. The molecule has 4 aliphatic heterocycles. The second kappa shape index (κ2) is 9.72. The van der Waals surface area contributed by atoms with Crippen molar-refractivity contribution in [1.82, 2.24) is 20.0 Å². The zero-order valence-corrected chi connectivity index (χ0v) is 20.7. The first-order chi connectivity index (χ1) is 18.0. The third-order valence-electron chi connectivity index (χ3n) is 7.98. The van der Waals surface area contributed by atoms with Gasteiger partial charge in [0, 0.05) is 44.3 Å². The molecule has 3 fully saturated rings. The maximum Gasteiger partial charge on any atom is 0.264 e. The van der Waals surface area contributed by atoms with Crippen LogP contribution in [0.5, 0.6) is 0 Å². The number of anilines is 1. The first kappa shape index (κ1) is 23.8. The molecule has 2 aromatic carbocycles. The summed E-state index contributed by atoms with van der Waals surface area (Å²) in [6, 6.07) is 13.3. The second-order valence-electron chi connectivity index (χ2n) is 10.4. The molecule has 4 aliphatic rings. The van der Waals surface area contributed by atoms with Crippen LogP contribution in [-0.4, -0.2) is 76.6 Å². The van der Waals surface area contributed by atoms with Crippen molar-refractivity contribution >= 4 is 29.3 Å². The third kappa shape index (κ3) is 4.53. The van der Waals surface area contributed by atoms with Crippen molar-refractivity contribution in [2.24, 2.45) is 0 Å². The van der Waals surface area contributed by atoms with Crippen LogP contribution in [-0.2, 0) is 22.7 Å². The van der Waals surface area contributed by atoms with Crippen molar-refractivity contribution in [2.75, 3.05) is 31.5 Å². The molecule has 2 N–H and O–H groups in total. The number of carbonyl (C=O) groups excluding carboxylic acids is 4. The van der Waals surface area contributed by atoms with E-state index in [2.05, 4.69) is 44.7 Å². The van der Waals surface area contributed by atoms with Gasteiger partial charge < -0.3 is 5.32 Å². The zero-order chi connectivity index (χ0) is 25.5. The number of nitrogens with one attached hydrogen (secondary N) is 2. The maximum atomic E-state index is 13.2. The fraction of sp³-hybridized carbons (Fsp3) is 0.429. The number of fused-ring (bicyclic) bond motifs is 1. The smallest absolute Gasteiger partial charge is 0.264 e. The molecule has 2 aromatic rings. The van der Waals surface area contributed by atoms with E-state index in [1.807, 2.05) is 0 Å². The van der Waals surface area contributed by atoms with Crippen LogP contribution in [0.2, 0.25) is 0 Å². The largest absolute Gasteiger partial charge is 0.380 e. The number of nitrogens with zero attached hydrogens (tertiary/aromatic N) is 3. The molecule has 1 unspecified atom stereocenters. The van der Waals surface area contributed by atoms with E-state index >= 15 is 0 Å². The van der Waals surface area contributed by atoms with Gasteiger partial charge in [0.05, 0.1) is 11.1 Å². The van der Waals surface area contributed by atoms with Crippen LogP contribution in [0.4, 0.5) is 5.69 Å². The number of carbonyl (C=O) groups is 4. The number of rotatable bonds is 7. The van der Waals surface area contributed by atoms with E-state index in [1.54, 1.807) is 18.2 Å². The van der Waals surface area contributed by atoms with Gasteiger partial charge in [-0.15, -0.1) is 0 Å². The molecule has 9 nitrogen and oxygen atoms in total. The Morgan fingerprint density at radius 3 is 2.35 bits per heavy atom. The predicted octanol–water partition coefficient (Wildman–Crippen LogP) is 1.98. The van der Waals surface area contributed by atoms with Crippen LogP contribution in [0.1, 0.15) is 57.5 Å². The number of likely N-dealkylation sites (tertiary alicyclic amines) is 2. The van der Waals surface area contributed by atoms with Gasteiger partial charge in [-0.1, -0.05) is 30.3 Å². The normalized spacial score (nSPS) is 22.8.